The molecule has 3 fully saturated rings. The Morgan fingerprint density at radius 1 is 1.20 bits per heavy atom. The molecule has 6 heterocycles. The smallest absolute Gasteiger partial charge is 0.319 e. The van der Waals surface area contributed by atoms with Gasteiger partial charge in [-0.25, -0.2) is 19.7 Å². The molecule has 0 radical (unpaired) electrons. The van der Waals surface area contributed by atoms with Crippen LogP contribution in [0.1, 0.15) is 19.3 Å². The zero-order chi connectivity index (χ0) is 31.3. The Labute approximate surface area is 261 Å². The van der Waals surface area contributed by atoms with Crippen molar-refractivity contribution in [2.24, 2.45) is 0 Å². The molecule has 0 N–H and O–H groups in total. The first kappa shape index (κ1) is 29.4. The normalized spacial score (nSPS) is 23.4. The van der Waals surface area contributed by atoms with E-state index in [9.17, 15) is 13.6 Å². The second kappa shape index (κ2) is 11.6. The monoisotopic (exact) mass is 633 g/mol. The highest BCUT2D eigenvalue weighted by molar-refractivity contribution is 7.17. The number of halogens is 3. The Hall–Kier alpha value is -4.28. The van der Waals surface area contributed by atoms with Crippen molar-refractivity contribution in [2.45, 2.75) is 37.0 Å². The van der Waals surface area contributed by atoms with Gasteiger partial charge >= 0.3 is 6.01 Å². The van der Waals surface area contributed by atoms with Crippen LogP contribution in [0, 0.1) is 12.4 Å². The number of amides is 1. The number of anilines is 1. The van der Waals surface area contributed by atoms with Crippen molar-refractivity contribution in [2.75, 3.05) is 50.8 Å². The van der Waals surface area contributed by atoms with Crippen LogP contribution in [0.3, 0.4) is 0 Å². The molecule has 4 aromatic rings. The summed E-state index contributed by atoms with van der Waals surface area (Å²) in [7, 11) is 0. The van der Waals surface area contributed by atoms with E-state index in [1.54, 1.807) is 11.3 Å². The van der Waals surface area contributed by atoms with Crippen LogP contribution in [-0.4, -0.2) is 94.3 Å². The van der Waals surface area contributed by atoms with E-state index in [4.69, 9.17) is 16.3 Å². The van der Waals surface area contributed by atoms with Gasteiger partial charge in [0.2, 0.25) is 6.54 Å². The number of piperazine rings is 1. The minimum absolute atomic E-state index is 0.0140. The molecule has 3 atom stereocenters. The van der Waals surface area contributed by atoms with Gasteiger partial charge in [-0.05, 0) is 36.9 Å². The maximum atomic E-state index is 16.6. The number of carbonyl (C=O) groups is 1. The minimum Gasteiger partial charge on any atom is -0.461 e. The van der Waals surface area contributed by atoms with Crippen LogP contribution in [0.4, 0.5) is 19.0 Å². The van der Waals surface area contributed by atoms with E-state index in [1.165, 1.54) is 11.1 Å². The van der Waals surface area contributed by atoms with Crippen molar-refractivity contribution in [3.05, 3.63) is 65.5 Å². The van der Waals surface area contributed by atoms with Gasteiger partial charge < -0.3 is 19.4 Å². The third kappa shape index (κ3) is 5.15. The highest BCUT2D eigenvalue weighted by Crippen LogP contribution is 2.41. The third-order valence-electron chi connectivity index (χ3n) is 9.20. The van der Waals surface area contributed by atoms with Crippen LogP contribution < -0.4 is 9.64 Å². The molecule has 1 aromatic carbocycles. The first-order chi connectivity index (χ1) is 21.8. The zero-order valence-corrected chi connectivity index (χ0v) is 25.2. The molecule has 13 heteroatoms. The van der Waals surface area contributed by atoms with Crippen molar-refractivity contribution < 1.29 is 22.7 Å². The number of alkyl halides is 1. The summed E-state index contributed by atoms with van der Waals surface area (Å²) >= 11 is 1.55. The second-order valence-corrected chi connectivity index (χ2v) is 12.8. The molecule has 1 amide bonds. The molecule has 9 nitrogen and oxygen atoms in total. The minimum atomic E-state index is -1.09. The predicted molar refractivity (Wildman–Crippen MR) is 166 cm³/mol. The maximum absolute atomic E-state index is 16.6. The average molecular weight is 634 g/mol. The highest BCUT2D eigenvalue weighted by atomic mass is 32.1. The Kier molecular flexibility index (Phi) is 7.57. The van der Waals surface area contributed by atoms with Crippen LogP contribution >= 0.6 is 11.3 Å². The lowest BCUT2D eigenvalue weighted by Gasteiger charge is -2.39. The summed E-state index contributed by atoms with van der Waals surface area (Å²) in [6, 6.07) is 6.87. The summed E-state index contributed by atoms with van der Waals surface area (Å²) in [5.74, 6) is -2.25. The summed E-state index contributed by atoms with van der Waals surface area (Å²) < 4.78 is 52.0. The number of aromatic nitrogens is 3. The fourth-order valence-electron chi connectivity index (χ4n) is 7.10. The molecule has 3 aliphatic rings. The summed E-state index contributed by atoms with van der Waals surface area (Å²) in [4.78, 5) is 35.0. The fraction of sp³-hybridized carbons (Fsp3) is 0.406. The molecule has 232 valence electrons. The zero-order valence-electron chi connectivity index (χ0n) is 24.4. The molecule has 3 aromatic heterocycles. The summed E-state index contributed by atoms with van der Waals surface area (Å²) in [5.41, 5.74) is 0.323. The summed E-state index contributed by atoms with van der Waals surface area (Å²) in [5, 5.41) is 3.15. The number of fused-ring (bicyclic) bond motifs is 3. The average Bonchev–Trinajstić information content (AvgIpc) is 3.74. The van der Waals surface area contributed by atoms with Gasteiger partial charge in [-0.2, -0.15) is 9.97 Å². The van der Waals surface area contributed by atoms with Gasteiger partial charge in [-0.1, -0.05) is 18.7 Å². The van der Waals surface area contributed by atoms with Gasteiger partial charge in [-0.3, -0.25) is 14.7 Å². The van der Waals surface area contributed by atoms with Gasteiger partial charge in [0.25, 0.3) is 5.91 Å². The topological polar surface area (TPSA) is 79.1 Å². The molecule has 0 saturated carbocycles. The van der Waals surface area contributed by atoms with Crippen molar-refractivity contribution in [1.82, 2.24) is 24.8 Å². The number of thiophene rings is 1. The number of rotatable bonds is 7. The molecule has 7 rings (SSSR count). The predicted octanol–water partition coefficient (Wildman–Crippen LogP) is 5.42. The number of hydrogen-bond acceptors (Lipinski definition) is 8. The van der Waals surface area contributed by atoms with E-state index in [2.05, 4.69) is 26.3 Å². The van der Waals surface area contributed by atoms with E-state index in [1.807, 2.05) is 34.5 Å². The molecular formula is C32H30F3N7O2S. The molecule has 45 heavy (non-hydrogen) atoms. The van der Waals surface area contributed by atoms with Crippen molar-refractivity contribution in [3.63, 3.8) is 0 Å². The molecule has 0 aliphatic carbocycles. The Morgan fingerprint density at radius 3 is 2.89 bits per heavy atom. The molecular weight excluding hydrogens is 603 g/mol. The van der Waals surface area contributed by atoms with Crippen molar-refractivity contribution in [1.29, 1.82) is 0 Å². The first-order valence-electron chi connectivity index (χ1n) is 14.9. The first-order valence-corrected chi connectivity index (χ1v) is 15.7. The van der Waals surface area contributed by atoms with Gasteiger partial charge in [0.1, 0.15) is 35.8 Å². The number of nitrogens with zero attached hydrogens (tertiary/aromatic N) is 7. The van der Waals surface area contributed by atoms with Crippen LogP contribution in [-0.2, 0) is 4.79 Å². The SMILES string of the molecule is [C-]#[N+]C[C@H]1CN(c2nc(OCC34CCCN3C[C@H](F)C4)nc3c(F)c(-c4cccc5sccc45)ncc23)CCN1C(=O)C(=C)F. The lowest BCUT2D eigenvalue weighted by Crippen LogP contribution is -2.56. The lowest BCUT2D eigenvalue weighted by molar-refractivity contribution is -0.131. The van der Waals surface area contributed by atoms with E-state index in [-0.39, 0.29) is 50.0 Å². The van der Waals surface area contributed by atoms with Crippen molar-refractivity contribution in [3.8, 4) is 17.3 Å². The van der Waals surface area contributed by atoms with Crippen LogP contribution in [0.2, 0.25) is 0 Å². The van der Waals surface area contributed by atoms with Crippen LogP contribution in [0.15, 0.2) is 48.2 Å². The fourth-order valence-corrected chi connectivity index (χ4v) is 7.91. The lowest BCUT2D eigenvalue weighted by atomic mass is 9.95. The summed E-state index contributed by atoms with van der Waals surface area (Å²) in [6.07, 6.45) is 2.68. The number of ether oxygens (including phenoxy) is 1. The van der Waals surface area contributed by atoms with E-state index in [0.717, 1.165) is 29.5 Å². The van der Waals surface area contributed by atoms with Gasteiger partial charge in [0.15, 0.2) is 11.6 Å². The standard InChI is InChI=1S/C32H30F3N7O2S/c1-19(33)30(43)42-11-10-40(17-21(42)14-36-2)29-24-15-37-27(23-5-3-6-25-22(23)7-12-45-25)26(35)28(24)38-31(39-29)44-18-32-8-4-9-41(32)16-20(34)13-32/h3,5-7,12,15,20-21H,1,4,8-11,13-14,16-18H2/t20-,21+,32?/m1/s1. The largest absolute Gasteiger partial charge is 0.461 e. The molecule has 3 saturated heterocycles. The third-order valence-corrected chi connectivity index (χ3v) is 10.1. The Morgan fingerprint density at radius 2 is 2.07 bits per heavy atom. The van der Waals surface area contributed by atoms with Crippen molar-refractivity contribution >= 4 is 44.1 Å². The highest BCUT2D eigenvalue weighted by Gasteiger charge is 2.49. The number of hydrogen-bond donors (Lipinski definition) is 0. The number of benzene rings is 1. The van der Waals surface area contributed by atoms with Crippen LogP contribution in [0.5, 0.6) is 6.01 Å². The van der Waals surface area contributed by atoms with E-state index < -0.39 is 35.3 Å². The van der Waals surface area contributed by atoms with Crippen LogP contribution in [0.25, 0.3) is 37.1 Å². The molecule has 3 aliphatic heterocycles. The molecule has 0 bridgehead atoms. The van der Waals surface area contributed by atoms with Gasteiger partial charge in [-0.15, -0.1) is 11.3 Å². The second-order valence-electron chi connectivity index (χ2n) is 11.9. The van der Waals surface area contributed by atoms with Gasteiger partial charge in [0.05, 0.1) is 10.9 Å². The van der Waals surface area contributed by atoms with E-state index in [0.29, 0.717) is 29.7 Å². The number of carbonyl (C=O) groups excluding carboxylic acids is 1. The quantitative estimate of drug-likeness (QED) is 0.199. The molecule has 0 spiro atoms. The maximum Gasteiger partial charge on any atom is 0.319 e. The Balaban J connectivity index is 1.30. The summed E-state index contributed by atoms with van der Waals surface area (Å²) in [6.45, 7) is 12.3. The molecule has 1 unspecified atom stereocenters. The Bertz CT molecular complexity index is 1860. The van der Waals surface area contributed by atoms with E-state index >= 15 is 4.39 Å². The number of pyridine rings is 1. The van der Waals surface area contributed by atoms with Gasteiger partial charge in [0, 0.05) is 54.4 Å².